The standard InChI is InChI=1S/C7H10N2S2/c8-3-1-2-5-10-7-9-4-6-11-7/h1-2,4,6H,3,5,8H2. The molecule has 0 aliphatic carbocycles. The van der Waals surface area contributed by atoms with Crippen LogP contribution in [0.3, 0.4) is 0 Å². The summed E-state index contributed by atoms with van der Waals surface area (Å²) in [5.41, 5.74) is 5.28. The summed E-state index contributed by atoms with van der Waals surface area (Å²) in [6, 6.07) is 0. The van der Waals surface area contributed by atoms with E-state index in [-0.39, 0.29) is 0 Å². The van der Waals surface area contributed by atoms with Crippen molar-refractivity contribution in [3.63, 3.8) is 0 Å². The molecule has 0 spiro atoms. The first kappa shape index (κ1) is 8.77. The molecule has 0 aliphatic heterocycles. The van der Waals surface area contributed by atoms with Gasteiger partial charge in [-0.3, -0.25) is 0 Å². The number of nitrogens with zero attached hydrogens (tertiary/aromatic N) is 1. The van der Waals surface area contributed by atoms with E-state index in [0.29, 0.717) is 6.54 Å². The second-order valence-corrected chi connectivity index (χ2v) is 3.98. The summed E-state index contributed by atoms with van der Waals surface area (Å²) in [5, 5.41) is 1.98. The summed E-state index contributed by atoms with van der Waals surface area (Å²) in [4.78, 5) is 4.13. The summed E-state index contributed by atoms with van der Waals surface area (Å²) in [5.74, 6) is 0.963. The van der Waals surface area contributed by atoms with Crippen LogP contribution >= 0.6 is 23.1 Å². The third-order valence-electron chi connectivity index (χ3n) is 1.02. The lowest BCUT2D eigenvalue weighted by atomic mass is 10.5. The van der Waals surface area contributed by atoms with Crippen molar-refractivity contribution in [1.82, 2.24) is 4.98 Å². The second-order valence-electron chi connectivity index (χ2n) is 1.82. The van der Waals surface area contributed by atoms with Gasteiger partial charge in [-0.1, -0.05) is 23.9 Å². The fraction of sp³-hybridized carbons (Fsp3) is 0.286. The first-order valence-corrected chi connectivity index (χ1v) is 5.17. The molecule has 4 heteroatoms. The molecular weight excluding hydrogens is 176 g/mol. The van der Waals surface area contributed by atoms with Crippen LogP contribution in [0.1, 0.15) is 0 Å². The van der Waals surface area contributed by atoms with Crippen LogP contribution in [0.5, 0.6) is 0 Å². The van der Waals surface area contributed by atoms with E-state index in [1.807, 2.05) is 17.7 Å². The summed E-state index contributed by atoms with van der Waals surface area (Å²) in [7, 11) is 0. The van der Waals surface area contributed by atoms with E-state index in [1.165, 1.54) is 0 Å². The first-order valence-electron chi connectivity index (χ1n) is 3.31. The van der Waals surface area contributed by atoms with Gasteiger partial charge >= 0.3 is 0 Å². The Labute approximate surface area is 74.5 Å². The third-order valence-corrected chi connectivity index (χ3v) is 2.93. The maximum atomic E-state index is 5.28. The molecule has 1 rings (SSSR count). The Morgan fingerprint density at radius 2 is 2.55 bits per heavy atom. The molecule has 11 heavy (non-hydrogen) atoms. The van der Waals surface area contributed by atoms with Gasteiger partial charge in [0.05, 0.1) is 0 Å². The molecule has 1 aromatic heterocycles. The van der Waals surface area contributed by atoms with Gasteiger partial charge in [-0.25, -0.2) is 4.98 Å². The largest absolute Gasteiger partial charge is 0.327 e. The highest BCUT2D eigenvalue weighted by atomic mass is 32.2. The normalized spacial score (nSPS) is 11.0. The Bertz CT molecular complexity index is 206. The highest BCUT2D eigenvalue weighted by molar-refractivity contribution is 8.01. The lowest BCUT2D eigenvalue weighted by Crippen LogP contribution is -1.92. The molecule has 0 saturated carbocycles. The smallest absolute Gasteiger partial charge is 0.150 e. The van der Waals surface area contributed by atoms with Crippen LogP contribution in [0.4, 0.5) is 0 Å². The number of hydrogen-bond acceptors (Lipinski definition) is 4. The summed E-state index contributed by atoms with van der Waals surface area (Å²) in [6.07, 6.45) is 5.84. The van der Waals surface area contributed by atoms with Gasteiger partial charge in [0.15, 0.2) is 0 Å². The zero-order valence-electron chi connectivity index (χ0n) is 6.06. The summed E-state index contributed by atoms with van der Waals surface area (Å²) in [6.45, 7) is 0.623. The molecule has 60 valence electrons. The molecule has 0 saturated heterocycles. The van der Waals surface area contributed by atoms with Crippen LogP contribution in [-0.2, 0) is 0 Å². The molecule has 0 radical (unpaired) electrons. The van der Waals surface area contributed by atoms with Crippen molar-refractivity contribution in [2.45, 2.75) is 4.34 Å². The van der Waals surface area contributed by atoms with Gasteiger partial charge in [0.2, 0.25) is 0 Å². The van der Waals surface area contributed by atoms with Crippen molar-refractivity contribution in [3.8, 4) is 0 Å². The molecule has 1 heterocycles. The van der Waals surface area contributed by atoms with Gasteiger partial charge in [0.1, 0.15) is 4.34 Å². The lowest BCUT2D eigenvalue weighted by molar-refractivity contribution is 1.24. The molecule has 0 bridgehead atoms. The zero-order chi connectivity index (χ0) is 7.94. The molecule has 0 amide bonds. The molecule has 0 aromatic carbocycles. The topological polar surface area (TPSA) is 38.9 Å². The van der Waals surface area contributed by atoms with Crippen molar-refractivity contribution >= 4 is 23.1 Å². The average Bonchev–Trinajstić information content (AvgIpc) is 2.50. The van der Waals surface area contributed by atoms with Crippen LogP contribution in [0, 0.1) is 0 Å². The number of thiazole rings is 1. The second kappa shape index (κ2) is 5.35. The van der Waals surface area contributed by atoms with Gasteiger partial charge in [-0.05, 0) is 0 Å². The van der Waals surface area contributed by atoms with E-state index < -0.39 is 0 Å². The van der Waals surface area contributed by atoms with Crippen LogP contribution in [0.25, 0.3) is 0 Å². The summed E-state index contributed by atoms with van der Waals surface area (Å²) >= 11 is 3.40. The predicted molar refractivity (Wildman–Crippen MR) is 51.0 cm³/mol. The maximum absolute atomic E-state index is 5.28. The minimum Gasteiger partial charge on any atom is -0.327 e. The number of hydrogen-bond donors (Lipinski definition) is 1. The quantitative estimate of drug-likeness (QED) is 0.575. The number of thioether (sulfide) groups is 1. The molecule has 0 fully saturated rings. The van der Waals surface area contributed by atoms with Crippen molar-refractivity contribution in [2.75, 3.05) is 12.3 Å². The Kier molecular flexibility index (Phi) is 4.26. The fourth-order valence-electron chi connectivity index (χ4n) is 0.565. The molecule has 1 aromatic rings. The Balaban J connectivity index is 2.19. The van der Waals surface area contributed by atoms with Crippen molar-refractivity contribution < 1.29 is 0 Å². The minimum absolute atomic E-state index is 0.623. The van der Waals surface area contributed by atoms with Gasteiger partial charge in [-0.2, -0.15) is 0 Å². The molecule has 0 atom stereocenters. The zero-order valence-corrected chi connectivity index (χ0v) is 7.70. The van der Waals surface area contributed by atoms with Crippen molar-refractivity contribution in [3.05, 3.63) is 23.7 Å². The van der Waals surface area contributed by atoms with E-state index >= 15 is 0 Å². The van der Waals surface area contributed by atoms with Gasteiger partial charge in [-0.15, -0.1) is 11.3 Å². The van der Waals surface area contributed by atoms with Crippen LogP contribution in [0.2, 0.25) is 0 Å². The molecule has 2 N–H and O–H groups in total. The Morgan fingerprint density at radius 1 is 1.64 bits per heavy atom. The fourth-order valence-corrected chi connectivity index (χ4v) is 2.08. The monoisotopic (exact) mass is 186 g/mol. The number of aromatic nitrogens is 1. The van der Waals surface area contributed by atoms with Gasteiger partial charge in [0, 0.05) is 23.9 Å². The molecule has 2 nitrogen and oxygen atoms in total. The molecular formula is C7H10N2S2. The number of nitrogens with two attached hydrogens (primary N) is 1. The molecule has 0 aliphatic rings. The third kappa shape index (κ3) is 3.55. The van der Waals surface area contributed by atoms with E-state index in [1.54, 1.807) is 23.1 Å². The van der Waals surface area contributed by atoms with E-state index in [2.05, 4.69) is 11.1 Å². The maximum Gasteiger partial charge on any atom is 0.150 e. The van der Waals surface area contributed by atoms with Crippen LogP contribution in [0.15, 0.2) is 28.1 Å². The number of rotatable bonds is 4. The van der Waals surface area contributed by atoms with E-state index in [4.69, 9.17) is 5.73 Å². The SMILES string of the molecule is NCC=CCSc1nccs1. The highest BCUT2D eigenvalue weighted by Crippen LogP contribution is 2.19. The Hall–Kier alpha value is -0.320. The average molecular weight is 186 g/mol. The van der Waals surface area contributed by atoms with Crippen molar-refractivity contribution in [2.24, 2.45) is 5.73 Å². The molecule has 0 unspecified atom stereocenters. The van der Waals surface area contributed by atoms with Crippen LogP contribution < -0.4 is 5.73 Å². The Morgan fingerprint density at radius 3 is 3.18 bits per heavy atom. The van der Waals surface area contributed by atoms with E-state index in [9.17, 15) is 0 Å². The van der Waals surface area contributed by atoms with Gasteiger partial charge < -0.3 is 5.73 Å². The highest BCUT2D eigenvalue weighted by Gasteiger charge is 1.91. The van der Waals surface area contributed by atoms with E-state index in [0.717, 1.165) is 10.1 Å². The van der Waals surface area contributed by atoms with Gasteiger partial charge in [0.25, 0.3) is 0 Å². The predicted octanol–water partition coefficient (Wildman–Crippen LogP) is 1.75. The summed E-state index contributed by atoms with van der Waals surface area (Å²) < 4.78 is 1.12. The van der Waals surface area contributed by atoms with Crippen LogP contribution in [-0.4, -0.2) is 17.3 Å². The lowest BCUT2D eigenvalue weighted by Gasteiger charge is -1.88. The first-order chi connectivity index (χ1) is 5.43. The van der Waals surface area contributed by atoms with Crippen molar-refractivity contribution in [1.29, 1.82) is 0 Å². The minimum atomic E-state index is 0.623.